The summed E-state index contributed by atoms with van der Waals surface area (Å²) < 4.78 is 4.19. The molecule has 3 aromatic rings. The lowest BCUT2D eigenvalue weighted by Crippen LogP contribution is -2.36. The van der Waals surface area contributed by atoms with Crippen molar-refractivity contribution in [1.82, 2.24) is 24.2 Å². The van der Waals surface area contributed by atoms with Crippen molar-refractivity contribution in [2.24, 2.45) is 5.92 Å². The fourth-order valence-electron chi connectivity index (χ4n) is 4.19. The van der Waals surface area contributed by atoms with Crippen LogP contribution in [0.5, 0.6) is 0 Å². The number of amides is 1. The van der Waals surface area contributed by atoms with E-state index in [0.29, 0.717) is 13.1 Å². The fraction of sp³-hybridized carbons (Fsp3) is 0.350. The molecule has 0 radical (unpaired) electrons. The summed E-state index contributed by atoms with van der Waals surface area (Å²) in [7, 11) is 0. The minimum atomic E-state index is 0.0562. The number of carbonyl (C=O) groups is 1. The third kappa shape index (κ3) is 2.36. The third-order valence-electron chi connectivity index (χ3n) is 5.61. The molecule has 2 aromatic heterocycles. The molecule has 132 valence electrons. The molecule has 1 aromatic carbocycles. The molecule has 1 unspecified atom stereocenters. The van der Waals surface area contributed by atoms with E-state index in [-0.39, 0.29) is 11.8 Å². The smallest absolute Gasteiger partial charge is 0.226 e. The van der Waals surface area contributed by atoms with Gasteiger partial charge in [0.1, 0.15) is 5.82 Å². The van der Waals surface area contributed by atoms with E-state index in [9.17, 15) is 4.79 Å². The molecule has 0 fully saturated rings. The number of aryl methyl sites for hydroxylation is 1. The molecule has 0 spiro atoms. The first-order chi connectivity index (χ1) is 12.7. The summed E-state index contributed by atoms with van der Waals surface area (Å²) in [6.07, 6.45) is 5.49. The molecule has 0 bridgehead atoms. The van der Waals surface area contributed by atoms with Gasteiger partial charge in [0.2, 0.25) is 5.91 Å². The SMILES string of the molecule is Cc1ncc2n1CCC(C(=O)N1Cc3cnn(-c4ccccc4)c3C1)C2. The van der Waals surface area contributed by atoms with Gasteiger partial charge in [0.25, 0.3) is 0 Å². The van der Waals surface area contributed by atoms with Gasteiger partial charge in [-0.1, -0.05) is 18.2 Å². The standard InChI is InChI=1S/C20H21N5O/c1-14-21-11-18-9-15(7-8-24(14)18)20(26)23-12-16-10-22-25(19(16)13-23)17-5-3-2-4-6-17/h2-6,10-11,15H,7-9,12-13H2,1H3. The zero-order chi connectivity index (χ0) is 17.7. The van der Waals surface area contributed by atoms with E-state index in [1.165, 1.54) is 5.69 Å². The zero-order valence-electron chi connectivity index (χ0n) is 14.8. The lowest BCUT2D eigenvalue weighted by molar-refractivity contribution is -0.136. The fourth-order valence-corrected chi connectivity index (χ4v) is 4.19. The molecule has 0 saturated heterocycles. The van der Waals surface area contributed by atoms with Crippen molar-refractivity contribution in [2.45, 2.75) is 39.4 Å². The second kappa shape index (κ2) is 5.83. The number of hydrogen-bond donors (Lipinski definition) is 0. The minimum Gasteiger partial charge on any atom is -0.332 e. The first-order valence-corrected chi connectivity index (χ1v) is 9.11. The molecule has 1 atom stereocenters. The first-order valence-electron chi connectivity index (χ1n) is 9.11. The molecular formula is C20H21N5O. The Labute approximate surface area is 152 Å². The molecule has 0 aliphatic carbocycles. The number of para-hydroxylation sites is 1. The van der Waals surface area contributed by atoms with Gasteiger partial charge in [0, 0.05) is 42.9 Å². The highest BCUT2D eigenvalue weighted by atomic mass is 16.2. The maximum Gasteiger partial charge on any atom is 0.226 e. The number of hydrogen-bond acceptors (Lipinski definition) is 3. The van der Waals surface area contributed by atoms with Gasteiger partial charge in [-0.25, -0.2) is 9.67 Å². The second-order valence-electron chi connectivity index (χ2n) is 7.20. The van der Waals surface area contributed by atoms with Crippen molar-refractivity contribution in [3.8, 4) is 5.69 Å². The molecule has 2 aliphatic heterocycles. The zero-order valence-corrected chi connectivity index (χ0v) is 14.8. The van der Waals surface area contributed by atoms with Crippen LogP contribution in [0.15, 0.2) is 42.7 Å². The predicted molar refractivity (Wildman–Crippen MR) is 96.6 cm³/mol. The molecule has 0 N–H and O–H groups in total. The number of carbonyl (C=O) groups excluding carboxylic acids is 1. The Morgan fingerprint density at radius 2 is 2.00 bits per heavy atom. The van der Waals surface area contributed by atoms with Crippen molar-refractivity contribution in [3.05, 3.63) is 65.5 Å². The molecule has 0 saturated carbocycles. The highest BCUT2D eigenvalue weighted by Gasteiger charge is 2.33. The Morgan fingerprint density at radius 3 is 2.85 bits per heavy atom. The third-order valence-corrected chi connectivity index (χ3v) is 5.61. The Morgan fingerprint density at radius 1 is 1.15 bits per heavy atom. The number of imidazole rings is 1. The summed E-state index contributed by atoms with van der Waals surface area (Å²) in [5, 5.41) is 4.51. The Kier molecular flexibility index (Phi) is 3.45. The summed E-state index contributed by atoms with van der Waals surface area (Å²) in [6, 6.07) is 10.1. The topological polar surface area (TPSA) is 56.0 Å². The molecule has 5 rings (SSSR count). The summed E-state index contributed by atoms with van der Waals surface area (Å²) in [4.78, 5) is 19.5. The average molecular weight is 347 g/mol. The van der Waals surface area contributed by atoms with Crippen LogP contribution in [0.2, 0.25) is 0 Å². The van der Waals surface area contributed by atoms with Crippen LogP contribution in [0.3, 0.4) is 0 Å². The van der Waals surface area contributed by atoms with E-state index < -0.39 is 0 Å². The number of fused-ring (bicyclic) bond motifs is 2. The molecule has 6 nitrogen and oxygen atoms in total. The van der Waals surface area contributed by atoms with E-state index in [1.807, 2.05) is 59.2 Å². The normalized spacial score (nSPS) is 18.7. The Bertz CT molecular complexity index is 972. The van der Waals surface area contributed by atoms with E-state index in [0.717, 1.165) is 42.2 Å². The van der Waals surface area contributed by atoms with Crippen LogP contribution in [0.25, 0.3) is 5.69 Å². The van der Waals surface area contributed by atoms with Crippen LogP contribution in [0, 0.1) is 12.8 Å². The van der Waals surface area contributed by atoms with Gasteiger partial charge in [-0.05, 0) is 25.5 Å². The molecular weight excluding hydrogens is 326 g/mol. The monoisotopic (exact) mass is 347 g/mol. The summed E-state index contributed by atoms with van der Waals surface area (Å²) in [6.45, 7) is 4.21. The quantitative estimate of drug-likeness (QED) is 0.716. The van der Waals surface area contributed by atoms with Gasteiger partial charge < -0.3 is 9.47 Å². The van der Waals surface area contributed by atoms with Crippen LogP contribution in [-0.2, 0) is 30.8 Å². The van der Waals surface area contributed by atoms with Gasteiger partial charge in [-0.2, -0.15) is 5.10 Å². The van der Waals surface area contributed by atoms with Gasteiger partial charge in [-0.15, -0.1) is 0 Å². The van der Waals surface area contributed by atoms with Gasteiger partial charge in [0.15, 0.2) is 0 Å². The summed E-state index contributed by atoms with van der Waals surface area (Å²) in [5.41, 5.74) is 4.50. The second-order valence-corrected chi connectivity index (χ2v) is 7.20. The van der Waals surface area contributed by atoms with Gasteiger partial charge >= 0.3 is 0 Å². The summed E-state index contributed by atoms with van der Waals surface area (Å²) >= 11 is 0. The van der Waals surface area contributed by atoms with E-state index in [1.54, 1.807) is 0 Å². The van der Waals surface area contributed by atoms with Gasteiger partial charge in [0.05, 0.1) is 24.1 Å². The van der Waals surface area contributed by atoms with Crippen molar-refractivity contribution < 1.29 is 4.79 Å². The van der Waals surface area contributed by atoms with Crippen LogP contribution in [0.1, 0.15) is 29.2 Å². The largest absolute Gasteiger partial charge is 0.332 e. The van der Waals surface area contributed by atoms with Crippen molar-refractivity contribution in [2.75, 3.05) is 0 Å². The van der Waals surface area contributed by atoms with Crippen LogP contribution in [-0.4, -0.2) is 30.1 Å². The predicted octanol–water partition coefficient (Wildman–Crippen LogP) is 2.48. The molecule has 1 amide bonds. The number of nitrogens with zero attached hydrogens (tertiary/aromatic N) is 5. The summed E-state index contributed by atoms with van der Waals surface area (Å²) in [5.74, 6) is 1.36. The number of benzene rings is 1. The Balaban J connectivity index is 1.35. The lowest BCUT2D eigenvalue weighted by Gasteiger charge is -2.27. The number of aromatic nitrogens is 4. The van der Waals surface area contributed by atoms with Crippen LogP contribution < -0.4 is 0 Å². The van der Waals surface area contributed by atoms with E-state index >= 15 is 0 Å². The Hall–Kier alpha value is -2.89. The van der Waals surface area contributed by atoms with Crippen molar-refractivity contribution >= 4 is 5.91 Å². The highest BCUT2D eigenvalue weighted by molar-refractivity contribution is 5.80. The first kappa shape index (κ1) is 15.4. The van der Waals surface area contributed by atoms with Crippen molar-refractivity contribution in [1.29, 1.82) is 0 Å². The average Bonchev–Trinajstić information content (AvgIpc) is 3.36. The van der Waals surface area contributed by atoms with Crippen LogP contribution >= 0.6 is 0 Å². The minimum absolute atomic E-state index is 0.0562. The molecule has 2 aliphatic rings. The number of rotatable bonds is 2. The lowest BCUT2D eigenvalue weighted by atomic mass is 9.94. The van der Waals surface area contributed by atoms with E-state index in [2.05, 4.69) is 14.6 Å². The van der Waals surface area contributed by atoms with Crippen molar-refractivity contribution in [3.63, 3.8) is 0 Å². The highest BCUT2D eigenvalue weighted by Crippen LogP contribution is 2.29. The molecule has 26 heavy (non-hydrogen) atoms. The molecule has 6 heteroatoms. The molecule has 4 heterocycles. The maximum absolute atomic E-state index is 13.1. The maximum atomic E-state index is 13.1. The van der Waals surface area contributed by atoms with Gasteiger partial charge in [-0.3, -0.25) is 4.79 Å². The van der Waals surface area contributed by atoms with E-state index in [4.69, 9.17) is 0 Å². The van der Waals surface area contributed by atoms with Crippen LogP contribution in [0.4, 0.5) is 0 Å².